The fourth-order valence-electron chi connectivity index (χ4n) is 3.14. The number of hydrogen-bond donors (Lipinski definition) is 2. The third-order valence-electron chi connectivity index (χ3n) is 4.69. The van der Waals surface area contributed by atoms with Crippen molar-refractivity contribution >= 4 is 41.7 Å². The van der Waals surface area contributed by atoms with E-state index in [0.717, 1.165) is 45.4 Å². The summed E-state index contributed by atoms with van der Waals surface area (Å²) < 4.78 is 5.50. The molecule has 1 atom stereocenters. The van der Waals surface area contributed by atoms with E-state index in [9.17, 15) is 0 Å². The fraction of sp³-hybridized carbons (Fsp3) is 0.650. The molecule has 1 aliphatic heterocycles. The van der Waals surface area contributed by atoms with Crippen LogP contribution in [0.2, 0.25) is 0 Å². The third kappa shape index (κ3) is 8.58. The lowest BCUT2D eigenvalue weighted by Crippen LogP contribution is -2.52. The van der Waals surface area contributed by atoms with E-state index >= 15 is 0 Å². The molecule has 0 spiro atoms. The van der Waals surface area contributed by atoms with E-state index in [4.69, 9.17) is 9.73 Å². The van der Waals surface area contributed by atoms with Gasteiger partial charge in [0.15, 0.2) is 5.96 Å². The van der Waals surface area contributed by atoms with Crippen LogP contribution in [0.15, 0.2) is 34.2 Å². The molecule has 27 heavy (non-hydrogen) atoms. The molecule has 1 aromatic rings. The van der Waals surface area contributed by atoms with Crippen molar-refractivity contribution in [2.45, 2.75) is 38.3 Å². The average molecular weight is 506 g/mol. The molecule has 154 valence electrons. The van der Waals surface area contributed by atoms with Gasteiger partial charge in [0.2, 0.25) is 0 Å². The van der Waals surface area contributed by atoms with Crippen molar-refractivity contribution in [1.82, 2.24) is 15.5 Å². The van der Waals surface area contributed by atoms with Gasteiger partial charge >= 0.3 is 0 Å². The molecular formula is C20H35IN4OS. The Morgan fingerprint density at radius 2 is 1.85 bits per heavy atom. The molecule has 0 bridgehead atoms. The zero-order valence-electron chi connectivity index (χ0n) is 17.0. The predicted molar refractivity (Wildman–Crippen MR) is 127 cm³/mol. The highest BCUT2D eigenvalue weighted by atomic mass is 127. The first-order valence-electron chi connectivity index (χ1n) is 9.61. The lowest BCUT2D eigenvalue weighted by molar-refractivity contribution is 0.00752. The van der Waals surface area contributed by atoms with E-state index in [2.05, 4.69) is 66.8 Å². The van der Waals surface area contributed by atoms with Crippen LogP contribution in [0.1, 0.15) is 26.3 Å². The van der Waals surface area contributed by atoms with E-state index in [-0.39, 0.29) is 24.0 Å². The van der Waals surface area contributed by atoms with Crippen LogP contribution < -0.4 is 10.6 Å². The number of halogens is 1. The number of rotatable bonds is 8. The zero-order valence-corrected chi connectivity index (χ0v) is 20.2. The van der Waals surface area contributed by atoms with Gasteiger partial charge in [-0.1, -0.05) is 26.0 Å². The summed E-state index contributed by atoms with van der Waals surface area (Å²) in [6.07, 6.45) is 2.10. The minimum atomic E-state index is 0. The smallest absolute Gasteiger partial charge is 0.191 e. The molecule has 1 aliphatic rings. The van der Waals surface area contributed by atoms with Gasteiger partial charge in [0.25, 0.3) is 0 Å². The molecule has 1 aromatic carbocycles. The maximum absolute atomic E-state index is 5.50. The first-order chi connectivity index (χ1) is 12.6. The number of nitrogens with one attached hydrogen (secondary N) is 2. The van der Waals surface area contributed by atoms with Crippen LogP contribution in [-0.2, 0) is 11.3 Å². The minimum absolute atomic E-state index is 0. The van der Waals surface area contributed by atoms with Gasteiger partial charge in [-0.05, 0) is 36.8 Å². The van der Waals surface area contributed by atoms with Gasteiger partial charge in [-0.3, -0.25) is 4.90 Å². The first kappa shape index (κ1) is 24.5. The van der Waals surface area contributed by atoms with Crippen molar-refractivity contribution in [2.75, 3.05) is 45.6 Å². The molecule has 1 heterocycles. The van der Waals surface area contributed by atoms with Gasteiger partial charge in [-0.25, -0.2) is 4.99 Å². The van der Waals surface area contributed by atoms with Crippen molar-refractivity contribution in [3.8, 4) is 0 Å². The van der Waals surface area contributed by atoms with Crippen LogP contribution in [0.4, 0.5) is 0 Å². The first-order valence-corrected chi connectivity index (χ1v) is 10.8. The minimum Gasteiger partial charge on any atom is -0.379 e. The normalized spacial score (nSPS) is 16.7. The molecule has 0 aliphatic carbocycles. The van der Waals surface area contributed by atoms with Gasteiger partial charge in [0.1, 0.15) is 0 Å². The van der Waals surface area contributed by atoms with Gasteiger partial charge in [-0.2, -0.15) is 0 Å². The lowest BCUT2D eigenvalue weighted by atomic mass is 10.0. The quantitative estimate of drug-likeness (QED) is 0.245. The van der Waals surface area contributed by atoms with Crippen LogP contribution in [0.5, 0.6) is 0 Å². The maximum Gasteiger partial charge on any atom is 0.191 e. The van der Waals surface area contributed by atoms with Gasteiger partial charge in [-0.15, -0.1) is 35.7 Å². The Kier molecular flexibility index (Phi) is 12.4. The maximum atomic E-state index is 5.50. The third-order valence-corrected chi connectivity index (χ3v) is 5.43. The lowest BCUT2D eigenvalue weighted by Gasteiger charge is -2.37. The summed E-state index contributed by atoms with van der Waals surface area (Å²) in [7, 11) is 0. The summed E-state index contributed by atoms with van der Waals surface area (Å²) >= 11 is 1.76. The summed E-state index contributed by atoms with van der Waals surface area (Å²) in [5.74, 6) is 1.47. The summed E-state index contributed by atoms with van der Waals surface area (Å²) in [5, 5.41) is 6.91. The molecule has 1 fully saturated rings. The van der Waals surface area contributed by atoms with Crippen molar-refractivity contribution in [1.29, 1.82) is 0 Å². The highest BCUT2D eigenvalue weighted by molar-refractivity contribution is 14.0. The Morgan fingerprint density at radius 3 is 2.41 bits per heavy atom. The molecule has 0 radical (unpaired) electrons. The van der Waals surface area contributed by atoms with Gasteiger partial charge < -0.3 is 15.4 Å². The van der Waals surface area contributed by atoms with E-state index in [0.29, 0.717) is 18.5 Å². The van der Waals surface area contributed by atoms with E-state index in [1.54, 1.807) is 11.8 Å². The number of ether oxygens (including phenoxy) is 1. The number of benzene rings is 1. The Labute approximate surface area is 186 Å². The van der Waals surface area contributed by atoms with Crippen LogP contribution in [-0.4, -0.2) is 62.5 Å². The molecule has 2 rings (SSSR count). The Bertz CT molecular complexity index is 547. The number of thioether (sulfide) groups is 1. The van der Waals surface area contributed by atoms with Crippen molar-refractivity contribution < 1.29 is 4.74 Å². The summed E-state index contributed by atoms with van der Waals surface area (Å²) in [5.41, 5.74) is 1.23. The molecule has 1 saturated heterocycles. The SMILES string of the molecule is CCNC(=NCc1ccc(SC)cc1)NCC(C(C)C)N1CCOCC1.I. The molecule has 2 N–H and O–H groups in total. The van der Waals surface area contributed by atoms with Crippen LogP contribution >= 0.6 is 35.7 Å². The van der Waals surface area contributed by atoms with E-state index in [1.165, 1.54) is 10.5 Å². The highest BCUT2D eigenvalue weighted by Crippen LogP contribution is 2.15. The standard InChI is InChI=1S/C20H34N4OS.HI/c1-5-21-20(22-14-17-6-8-18(26-4)9-7-17)23-15-19(16(2)3)24-10-12-25-13-11-24;/h6-9,16,19H,5,10-15H2,1-4H3,(H2,21,22,23);1H. The summed E-state index contributed by atoms with van der Waals surface area (Å²) in [6, 6.07) is 9.11. The summed E-state index contributed by atoms with van der Waals surface area (Å²) in [6.45, 7) is 12.8. The van der Waals surface area contributed by atoms with Crippen LogP contribution in [0.3, 0.4) is 0 Å². The highest BCUT2D eigenvalue weighted by Gasteiger charge is 2.23. The molecular weight excluding hydrogens is 471 g/mol. The molecule has 7 heteroatoms. The van der Waals surface area contributed by atoms with E-state index < -0.39 is 0 Å². The Hall–Kier alpha value is -0.510. The van der Waals surface area contributed by atoms with Gasteiger partial charge in [0.05, 0.1) is 19.8 Å². The molecule has 0 aromatic heterocycles. The molecule has 0 saturated carbocycles. The molecule has 1 unspecified atom stereocenters. The number of hydrogen-bond acceptors (Lipinski definition) is 4. The Balaban J connectivity index is 0.00000364. The average Bonchev–Trinajstić information content (AvgIpc) is 2.67. The second-order valence-electron chi connectivity index (χ2n) is 6.88. The monoisotopic (exact) mass is 506 g/mol. The van der Waals surface area contributed by atoms with E-state index in [1.807, 2.05) is 0 Å². The van der Waals surface area contributed by atoms with Gasteiger partial charge in [0, 0.05) is 37.1 Å². The van der Waals surface area contributed by atoms with Crippen molar-refractivity contribution in [3.05, 3.63) is 29.8 Å². The second-order valence-corrected chi connectivity index (χ2v) is 7.76. The van der Waals surface area contributed by atoms with Crippen LogP contribution in [0.25, 0.3) is 0 Å². The Morgan fingerprint density at radius 1 is 1.19 bits per heavy atom. The summed E-state index contributed by atoms with van der Waals surface area (Å²) in [4.78, 5) is 8.58. The molecule has 5 nitrogen and oxygen atoms in total. The second kappa shape index (κ2) is 13.6. The fourth-order valence-corrected chi connectivity index (χ4v) is 3.55. The number of aliphatic imine (C=N–C) groups is 1. The number of nitrogens with zero attached hydrogens (tertiary/aromatic N) is 2. The van der Waals surface area contributed by atoms with Crippen LogP contribution in [0, 0.1) is 5.92 Å². The predicted octanol–water partition coefficient (Wildman–Crippen LogP) is 3.44. The topological polar surface area (TPSA) is 48.9 Å². The largest absolute Gasteiger partial charge is 0.379 e. The number of guanidine groups is 1. The van der Waals surface area contributed by atoms with Crippen molar-refractivity contribution in [3.63, 3.8) is 0 Å². The zero-order chi connectivity index (χ0) is 18.8. The van der Waals surface area contributed by atoms with Crippen molar-refractivity contribution in [2.24, 2.45) is 10.9 Å². The number of morpholine rings is 1. The molecule has 0 amide bonds.